The van der Waals surface area contributed by atoms with Crippen LogP contribution in [-0.4, -0.2) is 14.1 Å². The zero-order chi connectivity index (χ0) is 62.3. The summed E-state index contributed by atoms with van der Waals surface area (Å²) in [7, 11) is 0. The molecule has 4 heterocycles. The van der Waals surface area contributed by atoms with E-state index in [4.69, 9.17) is 22.1 Å². The molecule has 0 amide bonds. The molecule has 0 spiro atoms. The van der Waals surface area contributed by atoms with Crippen LogP contribution in [0.1, 0.15) is 120 Å². The molecule has 8 aromatic carbocycles. The van der Waals surface area contributed by atoms with Crippen molar-refractivity contribution < 1.29 is 40.9 Å². The predicted molar refractivity (Wildman–Crippen MR) is 321 cm³/mol. The minimum absolute atomic E-state index is 0. The van der Waals surface area contributed by atoms with E-state index in [1.165, 1.54) is 12.1 Å². The zero-order valence-electron chi connectivity index (χ0n) is 55.8. The predicted octanol–water partition coefficient (Wildman–Crippen LogP) is 19.4. The van der Waals surface area contributed by atoms with Gasteiger partial charge in [-0.05, 0) is 141 Å². The maximum atomic E-state index is 9.97. The van der Waals surface area contributed by atoms with Crippen molar-refractivity contribution in [1.29, 1.82) is 0 Å². The van der Waals surface area contributed by atoms with E-state index in [1.54, 1.807) is 0 Å². The van der Waals surface area contributed by atoms with Crippen molar-refractivity contribution >= 4 is 76.5 Å². The topological polar surface area (TPSA) is 35.2 Å². The van der Waals surface area contributed by atoms with Gasteiger partial charge in [-0.25, -0.2) is 4.98 Å². The fourth-order valence-corrected chi connectivity index (χ4v) is 10.9. The van der Waals surface area contributed by atoms with Crippen molar-refractivity contribution in [3.05, 3.63) is 211 Å². The molecule has 0 bridgehead atoms. The first-order chi connectivity index (χ1) is 40.7. The number of pyridine rings is 1. The van der Waals surface area contributed by atoms with E-state index in [0.717, 1.165) is 54.7 Å². The maximum absolute atomic E-state index is 9.97. The van der Waals surface area contributed by atoms with Crippen LogP contribution < -0.4 is 9.64 Å². The second-order valence-electron chi connectivity index (χ2n) is 23.3. The Hall–Kier alpha value is -7.33. The molecule has 1 aliphatic rings. The van der Waals surface area contributed by atoms with Crippen molar-refractivity contribution in [2.75, 3.05) is 4.90 Å². The Morgan fingerprint density at radius 1 is 0.558 bits per heavy atom. The Morgan fingerprint density at radius 3 is 1.94 bits per heavy atom. The van der Waals surface area contributed by atoms with Crippen molar-refractivity contribution in [2.45, 2.75) is 105 Å². The molecule has 1 aliphatic heterocycles. The van der Waals surface area contributed by atoms with Gasteiger partial charge in [0.15, 0.2) is 0 Å². The second kappa shape index (κ2) is 19.0. The average Bonchev–Trinajstić information content (AvgIpc) is 0.902. The van der Waals surface area contributed by atoms with E-state index in [1.807, 2.05) is 193 Å². The van der Waals surface area contributed by atoms with Gasteiger partial charge in [0.05, 0.1) is 0 Å². The monoisotopic (exact) mass is 1200 g/mol. The summed E-state index contributed by atoms with van der Waals surface area (Å²) in [4.78, 5) is 6.88. The Kier molecular flexibility index (Phi) is 9.86. The first kappa shape index (κ1) is 40.0. The Labute approximate surface area is 484 Å². The number of fused-ring (bicyclic) bond motifs is 10. The molecule has 0 saturated carbocycles. The SMILES string of the molecule is [2H]C([2H])([2H])C(c1cc(-c2cccc3c4ccccc4c4cccc(C([2H])([2H])C(C)(C)C)c4c4cccc5c4n(c23)[CH-]N5c2[c-]c(Oc3[c-]c4c(cc3)c3ccccc3n4-c3cc(C(C)(C)C)ccn3)ccc2)cc(C(C)(C)C)c1)(C([2H])([2H])[2H])C([2H])([2H])[2H].[Pt]. The number of aromatic nitrogens is 3. The number of para-hydroxylation sites is 3. The van der Waals surface area contributed by atoms with Crippen LogP contribution in [0.4, 0.5) is 11.4 Å². The molecule has 0 radical (unpaired) electrons. The smallest absolute Gasteiger partial charge is 0.135 e. The van der Waals surface area contributed by atoms with Crippen LogP contribution in [0.2, 0.25) is 0 Å². The summed E-state index contributed by atoms with van der Waals surface area (Å²) < 4.78 is 111. The molecule has 11 aromatic rings. The third kappa shape index (κ3) is 9.35. The zero-order valence-corrected chi connectivity index (χ0v) is 47.0. The third-order valence-electron chi connectivity index (χ3n) is 14.5. The maximum Gasteiger partial charge on any atom is 0.135 e. The molecule has 6 heteroatoms. The van der Waals surface area contributed by atoms with Gasteiger partial charge in [-0.15, -0.1) is 35.7 Å². The number of rotatable bonds is 6. The molecular formula is C71H67N4OPt-3. The molecule has 0 saturated heterocycles. The quantitative estimate of drug-likeness (QED) is 0.156. The number of ether oxygens (including phenoxy) is 1. The van der Waals surface area contributed by atoms with Crippen molar-refractivity contribution in [3.8, 4) is 28.4 Å². The third-order valence-corrected chi connectivity index (χ3v) is 14.5. The number of anilines is 2. The molecule has 0 unspecified atom stereocenters. The van der Waals surface area contributed by atoms with E-state index >= 15 is 0 Å². The van der Waals surface area contributed by atoms with E-state index in [-0.39, 0.29) is 32.0 Å². The molecule has 3 aromatic heterocycles. The van der Waals surface area contributed by atoms with Gasteiger partial charge in [-0.1, -0.05) is 203 Å². The Morgan fingerprint density at radius 2 is 1.19 bits per heavy atom. The van der Waals surface area contributed by atoms with E-state index in [0.29, 0.717) is 66.9 Å². The summed E-state index contributed by atoms with van der Waals surface area (Å²) in [6.45, 7) is 9.40. The molecule has 77 heavy (non-hydrogen) atoms. The number of benzene rings is 8. The summed E-state index contributed by atoms with van der Waals surface area (Å²) in [6.07, 6.45) is -0.0283. The van der Waals surface area contributed by atoms with E-state index < -0.39 is 43.2 Å². The average molecular weight is 1200 g/mol. The first-order valence-electron chi connectivity index (χ1n) is 31.4. The second-order valence-corrected chi connectivity index (χ2v) is 23.3. The van der Waals surface area contributed by atoms with Gasteiger partial charge in [-0.3, -0.25) is 0 Å². The van der Waals surface area contributed by atoms with Crippen molar-refractivity contribution in [2.24, 2.45) is 5.41 Å². The molecule has 0 N–H and O–H groups in total. The van der Waals surface area contributed by atoms with Gasteiger partial charge < -0.3 is 18.8 Å². The van der Waals surface area contributed by atoms with Crippen molar-refractivity contribution in [3.63, 3.8) is 0 Å². The van der Waals surface area contributed by atoms with Gasteiger partial charge >= 0.3 is 0 Å². The van der Waals surface area contributed by atoms with Crippen LogP contribution in [-0.2, 0) is 43.7 Å². The van der Waals surface area contributed by atoms with Gasteiger partial charge in [0.2, 0.25) is 0 Å². The molecule has 0 fully saturated rings. The van der Waals surface area contributed by atoms with Gasteiger partial charge in [-0.2, -0.15) is 12.1 Å². The summed E-state index contributed by atoms with van der Waals surface area (Å²) >= 11 is 0. The van der Waals surface area contributed by atoms with E-state index in [9.17, 15) is 2.74 Å². The summed E-state index contributed by atoms with van der Waals surface area (Å²) in [5, 5.41) is 6.59. The minimum Gasteiger partial charge on any atom is -0.509 e. The molecule has 12 rings (SSSR count). The first-order valence-corrected chi connectivity index (χ1v) is 25.9. The standard InChI is InChI=1S/C71H67N4O.Pt/c1-68(2,3)43-45-21-17-28-58-54-24-13-14-25-55(54)59-29-19-27-53(46-37-48(70(7,8)9)39-49(38-46)71(10,11)12)66(59)74-44-73(62-32-20-30-60(65(45)58)67(62)74)50-22-18-23-51(41-50)76-52-33-34-57-56-26-15-16-31-61(56)75(63(57)42-52)64-40-47(35-36-72-64)69(4,5)6;/h13-40,44H,43H2,1-12H3;/q-3;/i7D3,8D3,9D3,43D2;. The summed E-state index contributed by atoms with van der Waals surface area (Å²) in [6, 6.07) is 59.6. The molecule has 5 nitrogen and oxygen atoms in total. The van der Waals surface area contributed by atoms with Crippen LogP contribution in [0, 0.1) is 24.2 Å². The fraction of sp³-hybridized carbons (Fsp3) is 0.239. The number of hydrogen-bond acceptors (Lipinski definition) is 3. The van der Waals surface area contributed by atoms with Crippen molar-refractivity contribution in [1.82, 2.24) is 14.1 Å². The largest absolute Gasteiger partial charge is 0.509 e. The molecular weight excluding hydrogens is 1120 g/mol. The van der Waals surface area contributed by atoms with Gasteiger partial charge in [0.1, 0.15) is 5.82 Å². The Bertz CT molecular complexity index is 4630. The fourth-order valence-electron chi connectivity index (χ4n) is 10.9. The van der Waals surface area contributed by atoms with Gasteiger partial charge in [0, 0.05) is 65.0 Å². The molecule has 0 aliphatic carbocycles. The van der Waals surface area contributed by atoms with Gasteiger partial charge in [0.25, 0.3) is 0 Å². The van der Waals surface area contributed by atoms with Crippen LogP contribution in [0.15, 0.2) is 170 Å². The van der Waals surface area contributed by atoms with E-state index in [2.05, 4.69) is 60.2 Å². The van der Waals surface area contributed by atoms with Crippen LogP contribution in [0.25, 0.3) is 82.1 Å². The van der Waals surface area contributed by atoms with Crippen LogP contribution >= 0.6 is 0 Å². The summed E-state index contributed by atoms with van der Waals surface area (Å²) in [5.74, 6) is 1.62. The normalized spacial score (nSPS) is 15.8. The summed E-state index contributed by atoms with van der Waals surface area (Å²) in [5.41, 5.74) is 2.12. The minimum atomic E-state index is -3.52. The Balaban J connectivity index is 0.00000800. The number of hydrogen-bond donors (Lipinski definition) is 0. The van der Waals surface area contributed by atoms with Crippen LogP contribution in [0.3, 0.4) is 0 Å². The molecule has 390 valence electrons. The number of nitrogens with zero attached hydrogens (tertiary/aromatic N) is 4. The van der Waals surface area contributed by atoms with Crippen LogP contribution in [0.5, 0.6) is 11.5 Å². The molecule has 0 atom stereocenters.